The summed E-state index contributed by atoms with van der Waals surface area (Å²) in [5, 5.41) is 3.34. The van der Waals surface area contributed by atoms with E-state index in [0.29, 0.717) is 6.10 Å². The molecule has 19 heavy (non-hydrogen) atoms. The molecule has 1 rings (SSSR count). The second-order valence-corrected chi connectivity index (χ2v) is 5.61. The molecule has 0 aromatic carbocycles. The van der Waals surface area contributed by atoms with Crippen LogP contribution in [-0.4, -0.2) is 29.2 Å². The first kappa shape index (κ1) is 16.4. The maximum atomic E-state index is 5.50. The number of hydrogen-bond donors (Lipinski definition) is 1. The van der Waals surface area contributed by atoms with E-state index in [1.807, 2.05) is 6.07 Å². The Hall–Kier alpha value is -0.680. The predicted molar refractivity (Wildman–Crippen MR) is 82.5 cm³/mol. The molecule has 5 heteroatoms. The minimum Gasteiger partial charge on any atom is -0.379 e. The van der Waals surface area contributed by atoms with E-state index in [-0.39, 0.29) is 0 Å². The molecule has 0 saturated heterocycles. The number of aromatic nitrogens is 2. The first-order valence-electron chi connectivity index (χ1n) is 7.00. The number of nitrogens with one attached hydrogen (secondary N) is 1. The molecule has 0 spiro atoms. The Morgan fingerprint density at radius 3 is 2.79 bits per heavy atom. The molecule has 0 radical (unpaired) electrons. The van der Waals surface area contributed by atoms with Crippen LogP contribution in [-0.2, 0) is 11.2 Å². The maximum absolute atomic E-state index is 5.50. The molecule has 0 amide bonds. The Kier molecular flexibility index (Phi) is 7.98. The van der Waals surface area contributed by atoms with Gasteiger partial charge in [0, 0.05) is 25.6 Å². The number of unbranched alkanes of at least 4 members (excludes halogenated alkanes) is 1. The van der Waals surface area contributed by atoms with Crippen LogP contribution in [0.25, 0.3) is 0 Å². The molecule has 1 heterocycles. The number of hydrogen-bond acceptors (Lipinski definition) is 4. The number of ether oxygens (including phenoxy) is 1. The molecule has 0 bridgehead atoms. The van der Waals surface area contributed by atoms with Crippen LogP contribution in [0.15, 0.2) is 10.7 Å². The summed E-state index contributed by atoms with van der Waals surface area (Å²) in [5.41, 5.74) is 0. The van der Waals surface area contributed by atoms with Gasteiger partial charge in [-0.25, -0.2) is 9.97 Å². The standard InChI is InChI=1S/C14H24BrN3O/c1-4-7-13-17-12(15)10-14(18-13)16-8-5-6-9-19-11(2)3/h10-11H,4-9H2,1-3H3,(H,16,17,18). The molecule has 0 aliphatic heterocycles. The van der Waals surface area contributed by atoms with Crippen molar-refractivity contribution in [2.45, 2.75) is 52.6 Å². The molecule has 1 N–H and O–H groups in total. The van der Waals surface area contributed by atoms with Crippen molar-refractivity contribution >= 4 is 21.7 Å². The summed E-state index contributed by atoms with van der Waals surface area (Å²) in [4.78, 5) is 8.83. The van der Waals surface area contributed by atoms with Crippen molar-refractivity contribution in [2.75, 3.05) is 18.5 Å². The average Bonchev–Trinajstić information content (AvgIpc) is 2.33. The molecular formula is C14H24BrN3O. The van der Waals surface area contributed by atoms with Crippen molar-refractivity contribution in [3.05, 3.63) is 16.5 Å². The van der Waals surface area contributed by atoms with Crippen LogP contribution >= 0.6 is 15.9 Å². The summed E-state index contributed by atoms with van der Waals surface area (Å²) in [7, 11) is 0. The van der Waals surface area contributed by atoms with Crippen LogP contribution in [0, 0.1) is 0 Å². The first-order valence-corrected chi connectivity index (χ1v) is 7.80. The second kappa shape index (κ2) is 9.26. The third-order valence-corrected chi connectivity index (χ3v) is 2.95. The summed E-state index contributed by atoms with van der Waals surface area (Å²) in [6, 6.07) is 1.92. The SMILES string of the molecule is CCCc1nc(Br)cc(NCCCCOC(C)C)n1. The topological polar surface area (TPSA) is 47.0 Å². The zero-order valence-corrected chi connectivity index (χ0v) is 13.7. The smallest absolute Gasteiger partial charge is 0.132 e. The van der Waals surface area contributed by atoms with Gasteiger partial charge in [-0.1, -0.05) is 6.92 Å². The van der Waals surface area contributed by atoms with Crippen molar-refractivity contribution < 1.29 is 4.74 Å². The second-order valence-electron chi connectivity index (χ2n) is 4.80. The van der Waals surface area contributed by atoms with Gasteiger partial charge in [-0.3, -0.25) is 0 Å². The van der Waals surface area contributed by atoms with E-state index in [9.17, 15) is 0 Å². The fraction of sp³-hybridized carbons (Fsp3) is 0.714. The summed E-state index contributed by atoms with van der Waals surface area (Å²) in [6.07, 6.45) is 4.44. The number of halogens is 1. The quantitative estimate of drug-likeness (QED) is 0.552. The van der Waals surface area contributed by atoms with Crippen molar-refractivity contribution in [1.29, 1.82) is 0 Å². The van der Waals surface area contributed by atoms with Crippen molar-refractivity contribution in [3.8, 4) is 0 Å². The molecule has 4 nitrogen and oxygen atoms in total. The van der Waals surface area contributed by atoms with Crippen molar-refractivity contribution in [1.82, 2.24) is 9.97 Å². The van der Waals surface area contributed by atoms with E-state index in [1.54, 1.807) is 0 Å². The lowest BCUT2D eigenvalue weighted by Crippen LogP contribution is -2.08. The highest BCUT2D eigenvalue weighted by atomic mass is 79.9. The van der Waals surface area contributed by atoms with Gasteiger partial charge in [-0.05, 0) is 49.0 Å². The molecule has 0 atom stereocenters. The van der Waals surface area contributed by atoms with Gasteiger partial charge in [0.15, 0.2) is 0 Å². The maximum Gasteiger partial charge on any atom is 0.132 e. The van der Waals surface area contributed by atoms with Gasteiger partial charge in [-0.15, -0.1) is 0 Å². The molecule has 0 unspecified atom stereocenters. The van der Waals surface area contributed by atoms with E-state index in [0.717, 1.165) is 55.1 Å². The fourth-order valence-corrected chi connectivity index (χ4v) is 2.07. The number of anilines is 1. The molecule has 0 aliphatic carbocycles. The van der Waals surface area contributed by atoms with Gasteiger partial charge in [0.2, 0.25) is 0 Å². The highest BCUT2D eigenvalue weighted by Crippen LogP contribution is 2.13. The summed E-state index contributed by atoms with van der Waals surface area (Å²) in [6.45, 7) is 7.99. The summed E-state index contributed by atoms with van der Waals surface area (Å²) >= 11 is 3.42. The van der Waals surface area contributed by atoms with E-state index in [2.05, 4.69) is 52.0 Å². The monoisotopic (exact) mass is 329 g/mol. The van der Waals surface area contributed by atoms with Crippen LogP contribution in [0.2, 0.25) is 0 Å². The third-order valence-electron chi connectivity index (χ3n) is 2.54. The molecule has 0 aliphatic rings. The molecule has 0 fully saturated rings. The van der Waals surface area contributed by atoms with Gasteiger partial charge in [0.25, 0.3) is 0 Å². The van der Waals surface area contributed by atoms with Gasteiger partial charge in [0.1, 0.15) is 16.2 Å². The Labute approximate surface area is 124 Å². The summed E-state index contributed by atoms with van der Waals surface area (Å²) < 4.78 is 6.35. The minimum absolute atomic E-state index is 0.322. The third kappa shape index (κ3) is 7.47. The van der Waals surface area contributed by atoms with Crippen LogP contribution in [0.1, 0.15) is 45.9 Å². The molecular weight excluding hydrogens is 306 g/mol. The largest absolute Gasteiger partial charge is 0.379 e. The lowest BCUT2D eigenvalue weighted by atomic mass is 10.3. The van der Waals surface area contributed by atoms with Gasteiger partial charge < -0.3 is 10.1 Å². The van der Waals surface area contributed by atoms with Crippen molar-refractivity contribution in [2.24, 2.45) is 0 Å². The lowest BCUT2D eigenvalue weighted by molar-refractivity contribution is 0.0765. The Balaban J connectivity index is 2.28. The fourth-order valence-electron chi connectivity index (χ4n) is 1.65. The zero-order valence-electron chi connectivity index (χ0n) is 12.1. The van der Waals surface area contributed by atoms with Gasteiger partial charge in [-0.2, -0.15) is 0 Å². The summed E-state index contributed by atoms with van der Waals surface area (Å²) in [5.74, 6) is 1.79. The van der Waals surface area contributed by atoms with Crippen LogP contribution in [0.4, 0.5) is 5.82 Å². The predicted octanol–water partition coefficient (Wildman–Crippen LogP) is 3.81. The van der Waals surface area contributed by atoms with Crippen LogP contribution < -0.4 is 5.32 Å². The van der Waals surface area contributed by atoms with E-state index in [4.69, 9.17) is 4.74 Å². The number of rotatable bonds is 9. The Bertz CT molecular complexity index is 372. The zero-order chi connectivity index (χ0) is 14.1. The normalized spacial score (nSPS) is 11.0. The van der Waals surface area contributed by atoms with Crippen molar-refractivity contribution in [3.63, 3.8) is 0 Å². The van der Waals surface area contributed by atoms with E-state index < -0.39 is 0 Å². The Morgan fingerprint density at radius 2 is 2.11 bits per heavy atom. The minimum atomic E-state index is 0.322. The lowest BCUT2D eigenvalue weighted by Gasteiger charge is -2.09. The molecule has 0 saturated carbocycles. The van der Waals surface area contributed by atoms with Crippen LogP contribution in [0.3, 0.4) is 0 Å². The van der Waals surface area contributed by atoms with E-state index in [1.165, 1.54) is 0 Å². The average molecular weight is 330 g/mol. The first-order chi connectivity index (χ1) is 9.11. The number of aryl methyl sites for hydroxylation is 1. The highest BCUT2D eigenvalue weighted by Gasteiger charge is 2.02. The molecule has 1 aromatic heterocycles. The van der Waals surface area contributed by atoms with Gasteiger partial charge in [0.05, 0.1) is 6.10 Å². The molecule has 108 valence electrons. The molecule has 1 aromatic rings. The van der Waals surface area contributed by atoms with Crippen LogP contribution in [0.5, 0.6) is 0 Å². The number of nitrogens with zero attached hydrogens (tertiary/aromatic N) is 2. The van der Waals surface area contributed by atoms with E-state index >= 15 is 0 Å². The Morgan fingerprint density at radius 1 is 1.32 bits per heavy atom. The highest BCUT2D eigenvalue weighted by molar-refractivity contribution is 9.10. The van der Waals surface area contributed by atoms with Gasteiger partial charge >= 0.3 is 0 Å².